The SMILES string of the molecule is C=CC(=O)OCC(F)(F)C(F)(F)C(F)(F)C(F)(F)COC(=O)C=C.C=CC(=O)OCC(F)(F)OC(F)(F)C(F)(F)OC(F)(F)C(F)(F)OC(F)(F)COC(=O)C=C.C=CC(=O)OCCOc1c(F)c(F)c(-c2c(F)c(F)c(OCCOC(=O)C=C)c(F)c2F)c(F)c1F.C=CC(=O)OCCOc1c(F)c(F)c(C)c(F)c1F. The predicted molar refractivity (Wildman–Crippen MR) is 300 cm³/mol. The van der Waals surface area contributed by atoms with Crippen LogP contribution in [0, 0.1) is 76.7 Å². The van der Waals surface area contributed by atoms with E-state index < -0.39 is 265 Å². The Morgan fingerprint density at radius 1 is 0.268 bits per heavy atom. The van der Waals surface area contributed by atoms with Gasteiger partial charge in [0.1, 0.15) is 39.6 Å². The van der Waals surface area contributed by atoms with Crippen molar-refractivity contribution >= 4 is 41.8 Å². The quantitative estimate of drug-likeness (QED) is 0.0129. The van der Waals surface area contributed by atoms with Gasteiger partial charge in [-0.2, -0.15) is 114 Å². The highest BCUT2D eigenvalue weighted by molar-refractivity contribution is 5.83. The Labute approximate surface area is 602 Å². The number of carbonyl (C=O) groups excluding carboxylic acids is 7. The van der Waals surface area contributed by atoms with Gasteiger partial charge < -0.3 is 47.4 Å². The molecular formula is C60H44F32O20. The fraction of sp³-hybridized carbons (Fsp3) is 0.350. The minimum Gasteiger partial charge on any atom is -0.484 e. The van der Waals surface area contributed by atoms with Gasteiger partial charge in [-0.25, -0.2) is 74.1 Å². The average Bonchev–Trinajstić information content (AvgIpc) is 0.733. The van der Waals surface area contributed by atoms with E-state index in [-0.39, 0.29) is 30.9 Å². The number of ether oxygens (including phenoxy) is 13. The first-order valence-electron chi connectivity index (χ1n) is 27.9. The Kier molecular flexibility index (Phi) is 37.4. The van der Waals surface area contributed by atoms with Gasteiger partial charge in [-0.1, -0.05) is 46.1 Å². The zero-order valence-corrected chi connectivity index (χ0v) is 54.8. The van der Waals surface area contributed by atoms with Gasteiger partial charge in [-0.05, 0) is 6.92 Å². The van der Waals surface area contributed by atoms with Crippen LogP contribution in [0.5, 0.6) is 17.2 Å². The highest BCUT2D eigenvalue weighted by Crippen LogP contribution is 2.54. The number of hydrogen-bond acceptors (Lipinski definition) is 20. The zero-order chi connectivity index (χ0) is 87.6. The van der Waals surface area contributed by atoms with Crippen LogP contribution < -0.4 is 14.2 Å². The van der Waals surface area contributed by atoms with Crippen LogP contribution in [0.3, 0.4) is 0 Å². The summed E-state index contributed by atoms with van der Waals surface area (Å²) >= 11 is 0. The molecule has 20 nitrogen and oxygen atoms in total. The van der Waals surface area contributed by atoms with Gasteiger partial charge in [-0.15, -0.1) is 0 Å². The number of esters is 7. The Morgan fingerprint density at radius 3 is 0.670 bits per heavy atom. The van der Waals surface area contributed by atoms with Crippen molar-refractivity contribution in [2.75, 3.05) is 66.1 Å². The van der Waals surface area contributed by atoms with Crippen molar-refractivity contribution in [1.82, 2.24) is 0 Å². The van der Waals surface area contributed by atoms with Crippen LogP contribution in [0.1, 0.15) is 5.56 Å². The highest BCUT2D eigenvalue weighted by atomic mass is 19.4. The van der Waals surface area contributed by atoms with Gasteiger partial charge in [0, 0.05) is 48.1 Å². The van der Waals surface area contributed by atoms with Crippen LogP contribution in [0.4, 0.5) is 140 Å². The number of carbonyl (C=O) groups is 7. The second kappa shape index (κ2) is 41.4. The summed E-state index contributed by atoms with van der Waals surface area (Å²) in [5, 5.41) is 0. The van der Waals surface area contributed by atoms with Crippen LogP contribution in [0.25, 0.3) is 11.1 Å². The van der Waals surface area contributed by atoms with Gasteiger partial charge >= 0.3 is 102 Å². The van der Waals surface area contributed by atoms with E-state index in [1.807, 2.05) is 4.74 Å². The largest absolute Gasteiger partial charge is 0.484 e. The van der Waals surface area contributed by atoms with Gasteiger partial charge in [0.15, 0.2) is 78.6 Å². The lowest BCUT2D eigenvalue weighted by Gasteiger charge is -2.36. The summed E-state index contributed by atoms with van der Waals surface area (Å²) in [5.41, 5.74) is -5.01. The maximum atomic E-state index is 14.5. The zero-order valence-electron chi connectivity index (χ0n) is 54.8. The van der Waals surface area contributed by atoms with E-state index >= 15 is 0 Å². The minimum absolute atomic E-state index is 0.211. The molecule has 0 spiro atoms. The van der Waals surface area contributed by atoms with Gasteiger partial charge in [-0.3, -0.25) is 0 Å². The third kappa shape index (κ3) is 27.3. The summed E-state index contributed by atoms with van der Waals surface area (Å²) in [6, 6.07) is 0. The fourth-order valence-electron chi connectivity index (χ4n) is 6.14. The van der Waals surface area contributed by atoms with Crippen LogP contribution in [0.15, 0.2) is 88.6 Å². The Hall–Kier alpha value is -10.8. The molecule has 0 heterocycles. The van der Waals surface area contributed by atoms with E-state index in [0.29, 0.717) is 0 Å². The molecule has 0 aromatic heterocycles. The van der Waals surface area contributed by atoms with Crippen LogP contribution in [-0.4, -0.2) is 168 Å². The molecule has 0 atom stereocenters. The molecule has 0 saturated heterocycles. The van der Waals surface area contributed by atoms with E-state index in [4.69, 9.17) is 0 Å². The van der Waals surface area contributed by atoms with E-state index in [2.05, 4.69) is 103 Å². The second-order valence-electron chi connectivity index (χ2n) is 19.2. The highest BCUT2D eigenvalue weighted by Gasteiger charge is 2.81. The summed E-state index contributed by atoms with van der Waals surface area (Å²) in [6.07, 6.45) is -35.6. The number of hydrogen-bond donors (Lipinski definition) is 0. The lowest BCUT2D eigenvalue weighted by molar-refractivity contribution is -0.558. The summed E-state index contributed by atoms with van der Waals surface area (Å²) in [5.74, 6) is -64.3. The molecule has 0 unspecified atom stereocenters. The van der Waals surface area contributed by atoms with Crippen molar-refractivity contribution in [2.24, 2.45) is 0 Å². The standard InChI is InChI=1S/C22H14F8O6.C14H10F12O7.C12H10F8O4.C12H10F4O3/c1-3-9(31)33-5-7-35-21-17(27)13(23)11(14(24)18(21)28)12-15(25)19(29)22(20(30)16(12)26)36-8-6-34-10(32)4-2;1-3-7(27)29-5-9(15,16)31-11(19,20)13(23,24)33-14(25,26)12(21,22)32-10(17,18)6-30-8(28)4-2;1-3-7(21)23-5-9(13,14)11(17,18)12(19,20)10(15,16)6-24-8(22)4-2;1-3-7(17)18-4-5-19-12-10(15)8(13)6(2)9(14)11(12)16/h3-4H,1-2,5-8H2;3-4H,1-2,5-6H2;3-4H,1-2,5-6H2;3H,1,4-5H2,2H3. The lowest BCUT2D eigenvalue weighted by Crippen LogP contribution is -2.64. The maximum Gasteiger partial charge on any atom is 0.453 e. The Morgan fingerprint density at radius 2 is 0.455 bits per heavy atom. The molecule has 0 amide bonds. The first-order chi connectivity index (χ1) is 51.1. The molecule has 0 N–H and O–H groups in total. The fourth-order valence-corrected chi connectivity index (χ4v) is 6.14. The van der Waals surface area contributed by atoms with Crippen molar-refractivity contribution in [3.8, 4) is 28.4 Å². The van der Waals surface area contributed by atoms with Gasteiger partial charge in [0.25, 0.3) is 0 Å². The summed E-state index contributed by atoms with van der Waals surface area (Å²) in [4.78, 5) is 74.6. The lowest BCUT2D eigenvalue weighted by atomic mass is 9.99. The van der Waals surface area contributed by atoms with Crippen molar-refractivity contribution in [2.45, 2.75) is 67.3 Å². The third-order valence-electron chi connectivity index (χ3n) is 11.4. The van der Waals surface area contributed by atoms with E-state index in [9.17, 15) is 174 Å². The Balaban J connectivity index is 0.00000151. The first-order valence-corrected chi connectivity index (χ1v) is 27.9. The number of rotatable bonds is 39. The molecule has 112 heavy (non-hydrogen) atoms. The summed E-state index contributed by atoms with van der Waals surface area (Å²) < 4.78 is 480. The Bertz CT molecular complexity index is 3650. The smallest absolute Gasteiger partial charge is 0.453 e. The average molecular weight is 1690 g/mol. The number of alkyl halides is 20. The van der Waals surface area contributed by atoms with Crippen LogP contribution >= 0.6 is 0 Å². The van der Waals surface area contributed by atoms with Crippen molar-refractivity contribution in [3.63, 3.8) is 0 Å². The minimum atomic E-state index is -7.06. The predicted octanol–water partition coefficient (Wildman–Crippen LogP) is 14.4. The molecular weight excluding hydrogens is 1650 g/mol. The van der Waals surface area contributed by atoms with E-state index in [1.165, 1.54) is 0 Å². The number of halogens is 32. The molecule has 0 aliphatic rings. The topological polar surface area (TPSA) is 239 Å². The number of benzene rings is 3. The molecule has 3 aromatic rings. The molecule has 0 fully saturated rings. The molecule has 3 rings (SSSR count). The van der Waals surface area contributed by atoms with Gasteiger partial charge in [0.2, 0.25) is 34.9 Å². The van der Waals surface area contributed by atoms with Crippen molar-refractivity contribution in [3.05, 3.63) is 164 Å². The maximum absolute atomic E-state index is 14.5. The van der Waals surface area contributed by atoms with Crippen LogP contribution in [-0.2, 0) is 80.9 Å². The second-order valence-corrected chi connectivity index (χ2v) is 19.2. The van der Waals surface area contributed by atoms with E-state index in [0.717, 1.165) is 25.2 Å². The molecule has 0 aliphatic heterocycles. The summed E-state index contributed by atoms with van der Waals surface area (Å²) in [7, 11) is 0. The molecule has 628 valence electrons. The van der Waals surface area contributed by atoms with Crippen molar-refractivity contribution < 1.29 is 236 Å². The molecule has 3 aromatic carbocycles. The van der Waals surface area contributed by atoms with Gasteiger partial charge in [0.05, 0.1) is 11.1 Å². The van der Waals surface area contributed by atoms with E-state index in [1.54, 1.807) is 0 Å². The van der Waals surface area contributed by atoms with Crippen LogP contribution in [0.2, 0.25) is 0 Å². The molecule has 0 saturated carbocycles. The summed E-state index contributed by atoms with van der Waals surface area (Å²) in [6.45, 7) is 7.06. The molecule has 52 heteroatoms. The molecule has 0 radical (unpaired) electrons. The van der Waals surface area contributed by atoms with Crippen molar-refractivity contribution in [1.29, 1.82) is 0 Å². The third-order valence-corrected chi connectivity index (χ3v) is 11.4. The molecule has 0 bridgehead atoms. The first kappa shape index (κ1) is 101. The monoisotopic (exact) mass is 1690 g/mol. The normalized spacial score (nSPS) is 12.0. The molecule has 0 aliphatic carbocycles.